The van der Waals surface area contributed by atoms with Gasteiger partial charge in [-0.15, -0.1) is 0 Å². The van der Waals surface area contributed by atoms with Crippen molar-refractivity contribution in [1.29, 1.82) is 5.26 Å². The monoisotopic (exact) mass is 382 g/mol. The Bertz CT molecular complexity index is 1230. The third-order valence-corrected chi connectivity index (χ3v) is 4.73. The molecule has 0 aliphatic carbocycles. The Labute approximate surface area is 167 Å². The first-order valence-corrected chi connectivity index (χ1v) is 9.06. The topological polar surface area (TPSA) is 120 Å². The Morgan fingerprint density at radius 3 is 2.72 bits per heavy atom. The second-order valence-corrected chi connectivity index (χ2v) is 6.72. The molecule has 0 saturated carbocycles. The number of hydrogen-bond donors (Lipinski definition) is 3. The number of H-pyrrole nitrogens is 1. The van der Waals surface area contributed by atoms with Crippen LogP contribution in [0.4, 0.5) is 5.69 Å². The predicted octanol–water partition coefficient (Wildman–Crippen LogP) is 3.77. The molecule has 4 N–H and O–H groups in total. The molecule has 29 heavy (non-hydrogen) atoms. The number of carbonyl (C=O) groups is 1. The van der Waals surface area contributed by atoms with Crippen molar-refractivity contribution >= 4 is 22.6 Å². The Hall–Kier alpha value is -4.02. The lowest BCUT2D eigenvalue weighted by molar-refractivity contribution is 0.102. The fourth-order valence-electron chi connectivity index (χ4n) is 3.22. The maximum absolute atomic E-state index is 12.9. The molecule has 1 unspecified atom stereocenters. The van der Waals surface area contributed by atoms with Crippen LogP contribution in [0.3, 0.4) is 0 Å². The zero-order valence-corrected chi connectivity index (χ0v) is 15.7. The van der Waals surface area contributed by atoms with E-state index in [0.717, 1.165) is 22.1 Å². The van der Waals surface area contributed by atoms with Gasteiger partial charge in [0.1, 0.15) is 0 Å². The fourth-order valence-corrected chi connectivity index (χ4v) is 3.22. The van der Waals surface area contributed by atoms with Gasteiger partial charge in [-0.05, 0) is 53.9 Å². The molecule has 7 heteroatoms. The highest BCUT2D eigenvalue weighted by atomic mass is 16.1. The molecule has 0 saturated heterocycles. The highest BCUT2D eigenvalue weighted by molar-refractivity contribution is 6.08. The Morgan fingerprint density at radius 2 is 2.00 bits per heavy atom. The maximum Gasteiger partial charge on any atom is 0.255 e. The number of aromatic amines is 1. The number of rotatable bonds is 4. The summed E-state index contributed by atoms with van der Waals surface area (Å²) < 4.78 is 0. The minimum absolute atomic E-state index is 0.205. The van der Waals surface area contributed by atoms with Crippen molar-refractivity contribution in [3.8, 4) is 17.2 Å². The molecule has 0 fully saturated rings. The number of carbonyl (C=O) groups excluding carboxylic acids is 1. The van der Waals surface area contributed by atoms with Crippen LogP contribution >= 0.6 is 0 Å². The number of fused-ring (bicyclic) bond motifs is 1. The lowest BCUT2D eigenvalue weighted by atomic mass is 9.93. The Morgan fingerprint density at radius 1 is 1.21 bits per heavy atom. The summed E-state index contributed by atoms with van der Waals surface area (Å²) in [5.74, 6) is -0.246. The van der Waals surface area contributed by atoms with Gasteiger partial charge < -0.3 is 11.1 Å². The van der Waals surface area contributed by atoms with E-state index in [2.05, 4.69) is 26.6 Å². The number of aromatic nitrogens is 3. The SMILES string of the molecule is CC(N)c1ccc(C(=O)Nc2ccnc3[nH]ncc23)cc1-c1ccc(C#N)cc1. The number of nitrogens with one attached hydrogen (secondary N) is 2. The van der Waals surface area contributed by atoms with Gasteiger partial charge >= 0.3 is 0 Å². The first-order chi connectivity index (χ1) is 14.1. The summed E-state index contributed by atoms with van der Waals surface area (Å²) in [6.45, 7) is 1.90. The zero-order chi connectivity index (χ0) is 20.4. The quantitative estimate of drug-likeness (QED) is 0.496. The molecule has 0 aliphatic rings. The van der Waals surface area contributed by atoms with E-state index in [9.17, 15) is 4.79 Å². The van der Waals surface area contributed by atoms with Gasteiger partial charge in [-0.2, -0.15) is 10.4 Å². The standard InChI is InChI=1S/C22H18N6O/c1-13(24)17-7-6-16(10-18(17)15-4-2-14(11-23)3-5-15)22(29)27-20-8-9-25-21-19(20)12-26-28-21/h2-10,12-13H,24H2,1H3,(H2,25,26,27,28,29). The van der Waals surface area contributed by atoms with E-state index >= 15 is 0 Å². The molecule has 4 aromatic rings. The van der Waals surface area contributed by atoms with E-state index in [0.29, 0.717) is 22.5 Å². The third-order valence-electron chi connectivity index (χ3n) is 4.73. The van der Waals surface area contributed by atoms with Crippen molar-refractivity contribution < 1.29 is 4.79 Å². The van der Waals surface area contributed by atoms with E-state index in [1.165, 1.54) is 0 Å². The summed E-state index contributed by atoms with van der Waals surface area (Å²) >= 11 is 0. The number of amides is 1. The van der Waals surface area contributed by atoms with E-state index in [1.54, 1.807) is 36.7 Å². The number of pyridine rings is 1. The molecule has 7 nitrogen and oxygen atoms in total. The van der Waals surface area contributed by atoms with E-state index in [1.807, 2.05) is 31.2 Å². The van der Waals surface area contributed by atoms with Crippen LogP contribution in [-0.4, -0.2) is 21.1 Å². The van der Waals surface area contributed by atoms with Gasteiger partial charge in [-0.3, -0.25) is 9.89 Å². The van der Waals surface area contributed by atoms with Crippen molar-refractivity contribution in [2.75, 3.05) is 5.32 Å². The van der Waals surface area contributed by atoms with Gasteiger partial charge in [0, 0.05) is 17.8 Å². The van der Waals surface area contributed by atoms with Gasteiger partial charge in [-0.1, -0.05) is 18.2 Å². The summed E-state index contributed by atoms with van der Waals surface area (Å²) in [6.07, 6.45) is 3.23. The highest BCUT2D eigenvalue weighted by Crippen LogP contribution is 2.29. The molecule has 0 spiro atoms. The summed E-state index contributed by atoms with van der Waals surface area (Å²) in [6, 6.07) is 16.3. The third kappa shape index (κ3) is 3.57. The smallest absolute Gasteiger partial charge is 0.255 e. The van der Waals surface area contributed by atoms with Crippen molar-refractivity contribution in [2.45, 2.75) is 13.0 Å². The molecule has 142 valence electrons. The van der Waals surface area contributed by atoms with Crippen LogP contribution in [0.1, 0.15) is 34.5 Å². The van der Waals surface area contributed by atoms with Crippen molar-refractivity contribution in [3.05, 3.63) is 77.6 Å². The number of nitrogens with two attached hydrogens (primary N) is 1. The number of hydrogen-bond acceptors (Lipinski definition) is 5. The molecule has 0 radical (unpaired) electrons. The van der Waals surface area contributed by atoms with Gasteiger partial charge in [-0.25, -0.2) is 4.98 Å². The average molecular weight is 382 g/mol. The number of nitriles is 1. The average Bonchev–Trinajstić information content (AvgIpc) is 3.23. The molecule has 0 bridgehead atoms. The molecule has 1 amide bonds. The zero-order valence-electron chi connectivity index (χ0n) is 15.7. The Balaban J connectivity index is 1.71. The minimum atomic E-state index is -0.246. The van der Waals surface area contributed by atoms with Crippen LogP contribution in [-0.2, 0) is 0 Å². The van der Waals surface area contributed by atoms with Gasteiger partial charge in [0.25, 0.3) is 5.91 Å². The van der Waals surface area contributed by atoms with Crippen LogP contribution < -0.4 is 11.1 Å². The second-order valence-electron chi connectivity index (χ2n) is 6.72. The highest BCUT2D eigenvalue weighted by Gasteiger charge is 2.15. The van der Waals surface area contributed by atoms with Gasteiger partial charge in [0.05, 0.1) is 28.9 Å². The first kappa shape index (κ1) is 18.3. The van der Waals surface area contributed by atoms with Crippen molar-refractivity contribution in [3.63, 3.8) is 0 Å². The molecule has 0 aliphatic heterocycles. The van der Waals surface area contributed by atoms with Crippen LogP contribution in [0, 0.1) is 11.3 Å². The molecule has 2 aromatic heterocycles. The first-order valence-electron chi connectivity index (χ1n) is 9.06. The van der Waals surface area contributed by atoms with Gasteiger partial charge in [0.2, 0.25) is 0 Å². The summed E-state index contributed by atoms with van der Waals surface area (Å²) in [7, 11) is 0. The maximum atomic E-state index is 12.9. The number of nitrogens with zero attached hydrogens (tertiary/aromatic N) is 3. The fraction of sp³-hybridized carbons (Fsp3) is 0.0909. The molecule has 4 rings (SSSR count). The molecular weight excluding hydrogens is 364 g/mol. The Kier molecular flexibility index (Phi) is 4.77. The lowest BCUT2D eigenvalue weighted by Gasteiger charge is -2.15. The van der Waals surface area contributed by atoms with Crippen molar-refractivity contribution in [1.82, 2.24) is 15.2 Å². The summed E-state index contributed by atoms with van der Waals surface area (Å²) in [4.78, 5) is 17.1. The van der Waals surface area contributed by atoms with Crippen molar-refractivity contribution in [2.24, 2.45) is 5.73 Å². The van der Waals surface area contributed by atoms with Crippen LogP contribution in [0.2, 0.25) is 0 Å². The van der Waals surface area contributed by atoms with Crippen LogP contribution in [0.5, 0.6) is 0 Å². The van der Waals surface area contributed by atoms with E-state index in [4.69, 9.17) is 11.0 Å². The number of benzene rings is 2. The minimum Gasteiger partial charge on any atom is -0.324 e. The summed E-state index contributed by atoms with van der Waals surface area (Å²) in [5, 5.41) is 19.4. The van der Waals surface area contributed by atoms with Crippen LogP contribution in [0.25, 0.3) is 22.2 Å². The van der Waals surface area contributed by atoms with Gasteiger partial charge in [0.15, 0.2) is 5.65 Å². The molecule has 2 aromatic carbocycles. The molecule has 2 heterocycles. The lowest BCUT2D eigenvalue weighted by Crippen LogP contribution is -2.14. The largest absolute Gasteiger partial charge is 0.324 e. The van der Waals surface area contributed by atoms with E-state index < -0.39 is 0 Å². The normalized spacial score (nSPS) is 11.8. The van der Waals surface area contributed by atoms with E-state index in [-0.39, 0.29) is 11.9 Å². The molecular formula is C22H18N6O. The molecule has 1 atom stereocenters. The number of anilines is 1. The summed E-state index contributed by atoms with van der Waals surface area (Å²) in [5.41, 5.74) is 11.1. The predicted molar refractivity (Wildman–Crippen MR) is 111 cm³/mol. The van der Waals surface area contributed by atoms with Crippen LogP contribution in [0.15, 0.2) is 60.9 Å². The second kappa shape index (κ2) is 7.54.